The van der Waals surface area contributed by atoms with Crippen LogP contribution < -0.4 is 0 Å². The third-order valence-electron chi connectivity index (χ3n) is 1.54. The summed E-state index contributed by atoms with van der Waals surface area (Å²) in [7, 11) is 0. The van der Waals surface area contributed by atoms with Crippen LogP contribution in [0.3, 0.4) is 0 Å². The van der Waals surface area contributed by atoms with Crippen LogP contribution in [0.15, 0.2) is 24.5 Å². The predicted molar refractivity (Wildman–Crippen MR) is 44.3 cm³/mol. The van der Waals surface area contributed by atoms with Gasteiger partial charge >= 0.3 is 5.97 Å². The van der Waals surface area contributed by atoms with Gasteiger partial charge in [-0.3, -0.25) is 0 Å². The maximum absolute atomic E-state index is 10.5. The number of aromatic nitrogens is 3. The van der Waals surface area contributed by atoms with Crippen LogP contribution >= 0.6 is 0 Å². The standard InChI is InChI=1S/C8H5N3O2/c12-8(13)6-4-10-7-5(11-6)2-1-3-9-7/h1-4H,(H,12,13). The average Bonchev–Trinajstić information content (AvgIpc) is 2.17. The molecule has 0 saturated carbocycles. The van der Waals surface area contributed by atoms with Crippen LogP contribution in [-0.2, 0) is 0 Å². The first-order valence-corrected chi connectivity index (χ1v) is 3.58. The molecule has 0 spiro atoms. The number of carbonyl (C=O) groups is 1. The summed E-state index contributed by atoms with van der Waals surface area (Å²) in [6.07, 6.45) is 2.77. The minimum Gasteiger partial charge on any atom is -0.476 e. The Morgan fingerprint density at radius 2 is 2.23 bits per heavy atom. The Hall–Kier alpha value is -2.04. The molecular formula is C8H5N3O2. The van der Waals surface area contributed by atoms with Crippen molar-refractivity contribution < 1.29 is 9.90 Å². The highest BCUT2D eigenvalue weighted by molar-refractivity contribution is 5.87. The van der Waals surface area contributed by atoms with Crippen LogP contribution in [0.4, 0.5) is 0 Å². The van der Waals surface area contributed by atoms with Crippen LogP contribution in [0, 0.1) is 0 Å². The van der Waals surface area contributed by atoms with E-state index in [1.54, 1.807) is 18.3 Å². The lowest BCUT2D eigenvalue weighted by atomic mass is 10.4. The first kappa shape index (κ1) is 7.60. The molecule has 2 heterocycles. The number of nitrogens with zero attached hydrogens (tertiary/aromatic N) is 3. The molecule has 0 amide bonds. The van der Waals surface area contributed by atoms with Crippen LogP contribution in [0.1, 0.15) is 10.5 Å². The molecule has 5 nitrogen and oxygen atoms in total. The summed E-state index contributed by atoms with van der Waals surface area (Å²) in [5, 5.41) is 8.62. The second kappa shape index (κ2) is 2.78. The van der Waals surface area contributed by atoms with Gasteiger partial charge in [0.2, 0.25) is 0 Å². The van der Waals surface area contributed by atoms with E-state index in [-0.39, 0.29) is 5.69 Å². The molecule has 1 N–H and O–H groups in total. The lowest BCUT2D eigenvalue weighted by Gasteiger charge is -1.95. The number of hydrogen-bond acceptors (Lipinski definition) is 4. The molecule has 2 aromatic heterocycles. The number of carboxylic acid groups (broad SMARTS) is 1. The van der Waals surface area contributed by atoms with E-state index in [0.29, 0.717) is 11.2 Å². The normalized spacial score (nSPS) is 10.2. The second-order valence-electron chi connectivity index (χ2n) is 2.41. The number of hydrogen-bond donors (Lipinski definition) is 1. The Bertz CT molecular complexity index is 470. The van der Waals surface area contributed by atoms with Crippen LogP contribution in [0.25, 0.3) is 11.2 Å². The van der Waals surface area contributed by atoms with Gasteiger partial charge in [0, 0.05) is 6.20 Å². The van der Waals surface area contributed by atoms with Gasteiger partial charge in [0.25, 0.3) is 0 Å². The molecule has 0 fully saturated rings. The third-order valence-corrected chi connectivity index (χ3v) is 1.54. The lowest BCUT2D eigenvalue weighted by Crippen LogP contribution is -2.01. The van der Waals surface area contributed by atoms with Crippen molar-refractivity contribution in [3.63, 3.8) is 0 Å². The largest absolute Gasteiger partial charge is 0.476 e. The zero-order chi connectivity index (χ0) is 9.26. The topological polar surface area (TPSA) is 76.0 Å². The Kier molecular flexibility index (Phi) is 1.63. The monoisotopic (exact) mass is 175 g/mol. The van der Waals surface area contributed by atoms with Gasteiger partial charge in [0.1, 0.15) is 5.52 Å². The second-order valence-corrected chi connectivity index (χ2v) is 2.41. The summed E-state index contributed by atoms with van der Waals surface area (Å²) in [6, 6.07) is 3.35. The molecule has 64 valence electrons. The third kappa shape index (κ3) is 1.31. The fourth-order valence-electron chi connectivity index (χ4n) is 0.959. The first-order valence-electron chi connectivity index (χ1n) is 3.58. The molecule has 0 radical (unpaired) electrons. The van der Waals surface area contributed by atoms with Crippen LogP contribution in [0.5, 0.6) is 0 Å². The molecule has 5 heteroatoms. The molecule has 0 bridgehead atoms. The van der Waals surface area contributed by atoms with Gasteiger partial charge in [-0.25, -0.2) is 19.7 Å². The molecule has 0 atom stereocenters. The van der Waals surface area contributed by atoms with Crippen molar-refractivity contribution in [3.8, 4) is 0 Å². The van der Waals surface area contributed by atoms with Crippen molar-refractivity contribution in [1.82, 2.24) is 15.0 Å². The van der Waals surface area contributed by atoms with E-state index in [4.69, 9.17) is 5.11 Å². The molecule has 13 heavy (non-hydrogen) atoms. The minimum absolute atomic E-state index is 0.0690. The molecule has 0 aromatic carbocycles. The van der Waals surface area contributed by atoms with Crippen LogP contribution in [0.2, 0.25) is 0 Å². The molecule has 2 aromatic rings. The maximum atomic E-state index is 10.5. The van der Waals surface area contributed by atoms with Gasteiger partial charge in [-0.15, -0.1) is 0 Å². The van der Waals surface area contributed by atoms with E-state index >= 15 is 0 Å². The molecule has 0 aliphatic heterocycles. The van der Waals surface area contributed by atoms with Crippen molar-refractivity contribution in [3.05, 3.63) is 30.2 Å². The summed E-state index contributed by atoms with van der Waals surface area (Å²) in [4.78, 5) is 22.1. The van der Waals surface area contributed by atoms with Crippen molar-refractivity contribution in [2.45, 2.75) is 0 Å². The van der Waals surface area contributed by atoms with Gasteiger partial charge in [-0.2, -0.15) is 0 Å². The molecule has 0 unspecified atom stereocenters. The predicted octanol–water partition coefficient (Wildman–Crippen LogP) is 0.723. The zero-order valence-electron chi connectivity index (χ0n) is 6.51. The van der Waals surface area contributed by atoms with E-state index in [1.165, 1.54) is 6.20 Å². The first-order chi connectivity index (χ1) is 6.27. The van der Waals surface area contributed by atoms with E-state index in [0.717, 1.165) is 0 Å². The zero-order valence-corrected chi connectivity index (χ0v) is 6.51. The highest BCUT2D eigenvalue weighted by Gasteiger charge is 2.05. The quantitative estimate of drug-likeness (QED) is 0.691. The van der Waals surface area contributed by atoms with Crippen molar-refractivity contribution >= 4 is 17.1 Å². The molecular weight excluding hydrogens is 170 g/mol. The summed E-state index contributed by atoms with van der Waals surface area (Å²) in [6.45, 7) is 0. The fraction of sp³-hybridized carbons (Fsp3) is 0. The summed E-state index contributed by atoms with van der Waals surface area (Å²) in [5.41, 5.74) is 0.871. The van der Waals surface area contributed by atoms with E-state index in [2.05, 4.69) is 15.0 Å². The maximum Gasteiger partial charge on any atom is 0.356 e. The SMILES string of the molecule is O=C(O)c1cnc2ncccc2n1. The Morgan fingerprint density at radius 1 is 1.38 bits per heavy atom. The Labute approximate surface area is 73.1 Å². The molecule has 0 aliphatic rings. The van der Waals surface area contributed by atoms with Gasteiger partial charge in [-0.05, 0) is 12.1 Å². The van der Waals surface area contributed by atoms with Gasteiger partial charge in [0.15, 0.2) is 11.3 Å². The van der Waals surface area contributed by atoms with Crippen LogP contribution in [-0.4, -0.2) is 26.0 Å². The Morgan fingerprint density at radius 3 is 3.00 bits per heavy atom. The smallest absolute Gasteiger partial charge is 0.356 e. The van der Waals surface area contributed by atoms with E-state index < -0.39 is 5.97 Å². The summed E-state index contributed by atoms with van der Waals surface area (Å²) < 4.78 is 0. The summed E-state index contributed by atoms with van der Waals surface area (Å²) in [5.74, 6) is -1.08. The highest BCUT2D eigenvalue weighted by Crippen LogP contribution is 2.04. The number of aromatic carboxylic acids is 1. The average molecular weight is 175 g/mol. The van der Waals surface area contributed by atoms with Gasteiger partial charge < -0.3 is 5.11 Å². The van der Waals surface area contributed by atoms with Gasteiger partial charge in [-0.1, -0.05) is 0 Å². The summed E-state index contributed by atoms with van der Waals surface area (Å²) >= 11 is 0. The number of pyridine rings is 1. The van der Waals surface area contributed by atoms with E-state index in [9.17, 15) is 4.79 Å². The highest BCUT2D eigenvalue weighted by atomic mass is 16.4. The number of carboxylic acids is 1. The molecule has 0 saturated heterocycles. The van der Waals surface area contributed by atoms with Crippen molar-refractivity contribution in [2.75, 3.05) is 0 Å². The number of fused-ring (bicyclic) bond motifs is 1. The molecule has 2 rings (SSSR count). The minimum atomic E-state index is -1.08. The van der Waals surface area contributed by atoms with Gasteiger partial charge in [0.05, 0.1) is 6.20 Å². The lowest BCUT2D eigenvalue weighted by molar-refractivity contribution is 0.0690. The fourth-order valence-corrected chi connectivity index (χ4v) is 0.959. The molecule has 0 aliphatic carbocycles. The Balaban J connectivity index is 2.69. The van der Waals surface area contributed by atoms with Crippen molar-refractivity contribution in [2.24, 2.45) is 0 Å². The van der Waals surface area contributed by atoms with Crippen molar-refractivity contribution in [1.29, 1.82) is 0 Å². The van der Waals surface area contributed by atoms with E-state index in [1.807, 2.05) is 0 Å². The number of rotatable bonds is 1.